The van der Waals surface area contributed by atoms with Crippen molar-refractivity contribution in [2.24, 2.45) is 0 Å². The Hall–Kier alpha value is -1.79. The second-order valence-electron chi connectivity index (χ2n) is 7.20. The van der Waals surface area contributed by atoms with Crippen molar-refractivity contribution in [3.63, 3.8) is 0 Å². The number of nitrogens with one attached hydrogen (secondary N) is 2. The maximum absolute atomic E-state index is 12.3. The summed E-state index contributed by atoms with van der Waals surface area (Å²) in [6.07, 6.45) is 0.900. The van der Waals surface area contributed by atoms with Gasteiger partial charge in [-0.25, -0.2) is 4.79 Å². The summed E-state index contributed by atoms with van der Waals surface area (Å²) >= 11 is 1.79. The van der Waals surface area contributed by atoms with Gasteiger partial charge in [0.05, 0.1) is 0 Å². The van der Waals surface area contributed by atoms with E-state index in [-0.39, 0.29) is 10.8 Å². The van der Waals surface area contributed by atoms with Crippen LogP contribution in [-0.2, 0) is 16.6 Å². The molecule has 0 heterocycles. The number of carbonyl (C=O) groups excluding carboxylic acids is 1. The molecule has 2 aromatic rings. The van der Waals surface area contributed by atoms with Crippen LogP contribution in [0.3, 0.4) is 0 Å². The molecule has 1 unspecified atom stereocenters. The Morgan fingerprint density at radius 1 is 1.07 bits per heavy atom. The minimum absolute atomic E-state index is 0.214. The van der Waals surface area contributed by atoms with E-state index < -0.39 is 10.8 Å². The third-order valence-electron chi connectivity index (χ3n) is 3.78. The monoisotopic (exact) mass is 404 g/mol. The third-order valence-corrected chi connectivity index (χ3v) is 6.84. The fraction of sp³-hybridized carbons (Fsp3) is 0.381. The van der Waals surface area contributed by atoms with E-state index in [9.17, 15) is 9.00 Å². The Balaban J connectivity index is 1.72. The van der Waals surface area contributed by atoms with Crippen molar-refractivity contribution < 1.29 is 9.00 Å². The Labute approximate surface area is 169 Å². The number of urea groups is 1. The van der Waals surface area contributed by atoms with Gasteiger partial charge in [0.1, 0.15) is 0 Å². The lowest BCUT2D eigenvalue weighted by atomic mass is 10.2. The molecular formula is C21H28N2O2S2. The van der Waals surface area contributed by atoms with E-state index in [2.05, 4.69) is 22.8 Å². The first kappa shape index (κ1) is 21.5. The fourth-order valence-electron chi connectivity index (χ4n) is 2.26. The van der Waals surface area contributed by atoms with Crippen molar-refractivity contribution in [3.8, 4) is 0 Å². The third kappa shape index (κ3) is 8.18. The van der Waals surface area contributed by atoms with Crippen LogP contribution in [0.1, 0.15) is 32.8 Å². The highest BCUT2D eigenvalue weighted by atomic mass is 32.2. The fourth-order valence-corrected chi connectivity index (χ4v) is 4.05. The molecule has 146 valence electrons. The van der Waals surface area contributed by atoms with Crippen LogP contribution in [0.2, 0.25) is 0 Å². The van der Waals surface area contributed by atoms with E-state index in [0.717, 1.165) is 23.4 Å². The maximum Gasteiger partial charge on any atom is 0.319 e. The zero-order chi connectivity index (χ0) is 19.7. The Kier molecular flexibility index (Phi) is 8.38. The van der Waals surface area contributed by atoms with E-state index in [1.807, 2.05) is 63.2 Å². The molecule has 0 saturated heterocycles. The number of rotatable bonds is 8. The SMILES string of the molecule is CC(C)(C)S(=O)Cc1cccc(NC(=O)NCCCSc2ccccc2)c1. The Morgan fingerprint density at radius 2 is 1.81 bits per heavy atom. The van der Waals surface area contributed by atoms with E-state index in [1.165, 1.54) is 4.90 Å². The summed E-state index contributed by atoms with van der Waals surface area (Å²) in [6.45, 7) is 6.53. The Morgan fingerprint density at radius 3 is 2.52 bits per heavy atom. The minimum atomic E-state index is -0.963. The van der Waals surface area contributed by atoms with Crippen LogP contribution in [0.15, 0.2) is 59.5 Å². The number of benzene rings is 2. The van der Waals surface area contributed by atoms with Crippen LogP contribution in [0.5, 0.6) is 0 Å². The molecule has 4 nitrogen and oxygen atoms in total. The quantitative estimate of drug-likeness (QED) is 0.479. The van der Waals surface area contributed by atoms with Crippen LogP contribution in [0.4, 0.5) is 10.5 Å². The van der Waals surface area contributed by atoms with Gasteiger partial charge in [-0.1, -0.05) is 30.3 Å². The zero-order valence-corrected chi connectivity index (χ0v) is 17.8. The first-order valence-corrected chi connectivity index (χ1v) is 11.4. The molecule has 2 rings (SSSR count). The van der Waals surface area contributed by atoms with Gasteiger partial charge in [0.2, 0.25) is 0 Å². The molecule has 0 bridgehead atoms. The van der Waals surface area contributed by atoms with Crippen molar-refractivity contribution in [2.45, 2.75) is 42.6 Å². The Bertz CT molecular complexity index is 758. The van der Waals surface area contributed by atoms with Crippen molar-refractivity contribution in [3.05, 3.63) is 60.2 Å². The maximum atomic E-state index is 12.3. The van der Waals surface area contributed by atoms with Crippen molar-refractivity contribution >= 4 is 34.3 Å². The molecule has 0 radical (unpaired) electrons. The molecular weight excluding hydrogens is 376 g/mol. The molecule has 1 atom stereocenters. The topological polar surface area (TPSA) is 58.2 Å². The van der Waals surface area contributed by atoms with Gasteiger partial charge in [-0.15, -0.1) is 11.8 Å². The van der Waals surface area contributed by atoms with Gasteiger partial charge >= 0.3 is 6.03 Å². The highest BCUT2D eigenvalue weighted by Gasteiger charge is 2.19. The van der Waals surface area contributed by atoms with Crippen LogP contribution in [0, 0.1) is 0 Å². The molecule has 2 amide bonds. The molecule has 2 aromatic carbocycles. The highest BCUT2D eigenvalue weighted by molar-refractivity contribution is 7.99. The van der Waals surface area contributed by atoms with E-state index >= 15 is 0 Å². The van der Waals surface area contributed by atoms with Gasteiger partial charge in [-0.05, 0) is 62.8 Å². The van der Waals surface area contributed by atoms with Crippen LogP contribution >= 0.6 is 11.8 Å². The predicted molar refractivity (Wildman–Crippen MR) is 117 cm³/mol. The van der Waals surface area contributed by atoms with Crippen molar-refractivity contribution in [1.29, 1.82) is 0 Å². The van der Waals surface area contributed by atoms with Crippen molar-refractivity contribution in [2.75, 3.05) is 17.6 Å². The molecule has 0 saturated carbocycles. The molecule has 0 fully saturated rings. The summed E-state index contributed by atoms with van der Waals surface area (Å²) in [5, 5.41) is 5.73. The number of hydrogen-bond acceptors (Lipinski definition) is 3. The summed E-state index contributed by atoms with van der Waals surface area (Å²) in [7, 11) is -0.963. The average Bonchev–Trinajstić information content (AvgIpc) is 2.62. The number of anilines is 1. The van der Waals surface area contributed by atoms with E-state index in [4.69, 9.17) is 0 Å². The first-order valence-electron chi connectivity index (χ1n) is 9.05. The van der Waals surface area contributed by atoms with Crippen molar-refractivity contribution in [1.82, 2.24) is 5.32 Å². The number of hydrogen-bond donors (Lipinski definition) is 2. The molecule has 0 aliphatic carbocycles. The van der Waals surface area contributed by atoms with Crippen LogP contribution < -0.4 is 10.6 Å². The molecule has 27 heavy (non-hydrogen) atoms. The van der Waals surface area contributed by atoms with E-state index in [1.54, 1.807) is 11.8 Å². The molecule has 0 aliphatic rings. The normalized spacial score (nSPS) is 12.4. The summed E-state index contributed by atoms with van der Waals surface area (Å²) in [6, 6.07) is 17.6. The smallest absolute Gasteiger partial charge is 0.319 e. The molecule has 0 aliphatic heterocycles. The van der Waals surface area contributed by atoms with Gasteiger partial charge in [-0.2, -0.15) is 0 Å². The zero-order valence-electron chi connectivity index (χ0n) is 16.2. The van der Waals surface area contributed by atoms with Crippen LogP contribution in [0.25, 0.3) is 0 Å². The summed E-state index contributed by atoms with van der Waals surface area (Å²) in [5.41, 5.74) is 1.68. The number of thioether (sulfide) groups is 1. The lowest BCUT2D eigenvalue weighted by Gasteiger charge is -2.18. The standard InChI is InChI=1S/C21H28N2O2S2/c1-21(2,3)27(25)16-17-9-7-10-18(15-17)23-20(24)22-13-8-14-26-19-11-5-4-6-12-19/h4-7,9-12,15H,8,13-14,16H2,1-3H3,(H2,22,23,24). The largest absolute Gasteiger partial charge is 0.338 e. The lowest BCUT2D eigenvalue weighted by Crippen LogP contribution is -2.29. The van der Waals surface area contributed by atoms with Gasteiger partial charge in [-0.3, -0.25) is 4.21 Å². The average molecular weight is 405 g/mol. The first-order chi connectivity index (χ1) is 12.8. The van der Waals surface area contributed by atoms with Gasteiger partial charge in [0.25, 0.3) is 0 Å². The number of carbonyl (C=O) groups is 1. The second-order valence-corrected chi connectivity index (χ2v) is 10.6. The summed E-state index contributed by atoms with van der Waals surface area (Å²) in [4.78, 5) is 13.3. The summed E-state index contributed by atoms with van der Waals surface area (Å²) in [5.74, 6) is 1.44. The van der Waals surface area contributed by atoms with Gasteiger partial charge in [0, 0.05) is 38.4 Å². The molecule has 0 spiro atoms. The number of amides is 2. The van der Waals surface area contributed by atoms with Gasteiger partial charge in [0.15, 0.2) is 0 Å². The van der Waals surface area contributed by atoms with E-state index in [0.29, 0.717) is 12.3 Å². The molecule has 6 heteroatoms. The second kappa shape index (κ2) is 10.5. The predicted octanol–water partition coefficient (Wildman–Crippen LogP) is 5.04. The molecule has 2 N–H and O–H groups in total. The van der Waals surface area contributed by atoms with Crippen LogP contribution in [-0.4, -0.2) is 27.3 Å². The van der Waals surface area contributed by atoms with Gasteiger partial charge < -0.3 is 10.6 Å². The molecule has 0 aromatic heterocycles. The summed E-state index contributed by atoms with van der Waals surface area (Å²) < 4.78 is 12.0. The lowest BCUT2D eigenvalue weighted by molar-refractivity contribution is 0.252. The highest BCUT2D eigenvalue weighted by Crippen LogP contribution is 2.19. The minimum Gasteiger partial charge on any atom is -0.338 e.